The Labute approximate surface area is 85.2 Å². The summed E-state index contributed by atoms with van der Waals surface area (Å²) in [5.74, 6) is 0.967. The third kappa shape index (κ3) is 1.27. The van der Waals surface area contributed by atoms with Crippen LogP contribution in [-0.4, -0.2) is 11.9 Å². The lowest BCUT2D eigenvalue weighted by molar-refractivity contribution is 0.326. The predicted octanol–water partition coefficient (Wildman–Crippen LogP) is 2.88. The van der Waals surface area contributed by atoms with Gasteiger partial charge in [0.15, 0.2) is 0 Å². The molecule has 2 rings (SSSR count). The molecular formula is C12H16N2. The minimum Gasteiger partial charge on any atom is -0.355 e. The fourth-order valence-corrected chi connectivity index (χ4v) is 1.83. The SMILES string of the molecule is C=C1Nc2ccc(C)cc2C(C)N1C. The standard InChI is InChI=1S/C12H16N2/c1-8-5-6-12-11(7-8)9(2)14(4)10(3)13-12/h5-7,9,13H,3H2,1-2,4H3. The molecule has 0 aromatic heterocycles. The van der Waals surface area contributed by atoms with Crippen molar-refractivity contribution in [3.05, 3.63) is 41.7 Å². The summed E-state index contributed by atoms with van der Waals surface area (Å²) in [7, 11) is 2.06. The van der Waals surface area contributed by atoms with Crippen molar-refractivity contribution in [1.29, 1.82) is 0 Å². The molecule has 2 heteroatoms. The first kappa shape index (κ1) is 9.13. The maximum absolute atomic E-state index is 3.98. The van der Waals surface area contributed by atoms with Gasteiger partial charge in [-0.05, 0) is 25.5 Å². The lowest BCUT2D eigenvalue weighted by Crippen LogP contribution is -2.30. The van der Waals surface area contributed by atoms with Gasteiger partial charge < -0.3 is 10.2 Å². The van der Waals surface area contributed by atoms with E-state index < -0.39 is 0 Å². The van der Waals surface area contributed by atoms with Crippen LogP contribution in [-0.2, 0) is 0 Å². The van der Waals surface area contributed by atoms with E-state index in [2.05, 4.69) is 55.9 Å². The second kappa shape index (κ2) is 3.05. The van der Waals surface area contributed by atoms with Gasteiger partial charge in [-0.15, -0.1) is 0 Å². The van der Waals surface area contributed by atoms with Gasteiger partial charge in [0.1, 0.15) is 0 Å². The molecule has 2 nitrogen and oxygen atoms in total. The number of hydrogen-bond acceptors (Lipinski definition) is 2. The molecule has 1 atom stereocenters. The normalized spacial score (nSPS) is 20.4. The van der Waals surface area contributed by atoms with Crippen molar-refractivity contribution in [2.24, 2.45) is 0 Å². The zero-order chi connectivity index (χ0) is 10.3. The molecule has 1 aromatic carbocycles. The number of rotatable bonds is 0. The van der Waals surface area contributed by atoms with E-state index in [1.54, 1.807) is 0 Å². The van der Waals surface area contributed by atoms with Crippen LogP contribution < -0.4 is 5.32 Å². The molecule has 1 unspecified atom stereocenters. The van der Waals surface area contributed by atoms with E-state index in [1.165, 1.54) is 16.8 Å². The fraction of sp³-hybridized carbons (Fsp3) is 0.333. The molecule has 0 bridgehead atoms. The number of hydrogen-bond donors (Lipinski definition) is 1. The largest absolute Gasteiger partial charge is 0.355 e. The van der Waals surface area contributed by atoms with E-state index >= 15 is 0 Å². The number of fused-ring (bicyclic) bond motifs is 1. The summed E-state index contributed by atoms with van der Waals surface area (Å²) in [4.78, 5) is 2.15. The highest BCUT2D eigenvalue weighted by Crippen LogP contribution is 2.34. The first-order chi connectivity index (χ1) is 6.59. The van der Waals surface area contributed by atoms with Gasteiger partial charge in [-0.1, -0.05) is 24.3 Å². The number of benzene rings is 1. The van der Waals surface area contributed by atoms with Gasteiger partial charge in [0, 0.05) is 12.7 Å². The minimum atomic E-state index is 0.402. The molecule has 0 fully saturated rings. The maximum atomic E-state index is 3.98. The molecule has 1 aromatic rings. The Bertz CT molecular complexity index is 382. The lowest BCUT2D eigenvalue weighted by atomic mass is 10.0. The van der Waals surface area contributed by atoms with Gasteiger partial charge in [0.25, 0.3) is 0 Å². The summed E-state index contributed by atoms with van der Waals surface area (Å²) >= 11 is 0. The van der Waals surface area contributed by atoms with Gasteiger partial charge in [0.05, 0.1) is 11.9 Å². The Morgan fingerprint density at radius 3 is 2.86 bits per heavy atom. The van der Waals surface area contributed by atoms with Gasteiger partial charge in [-0.2, -0.15) is 0 Å². The zero-order valence-electron chi connectivity index (χ0n) is 8.96. The average molecular weight is 188 g/mol. The van der Waals surface area contributed by atoms with Gasteiger partial charge in [-0.3, -0.25) is 0 Å². The third-order valence-corrected chi connectivity index (χ3v) is 2.94. The Hall–Kier alpha value is -1.44. The Kier molecular flexibility index (Phi) is 1.99. The van der Waals surface area contributed by atoms with Crippen LogP contribution in [0.25, 0.3) is 0 Å². The fourth-order valence-electron chi connectivity index (χ4n) is 1.83. The van der Waals surface area contributed by atoms with E-state index in [1.807, 2.05) is 0 Å². The molecule has 14 heavy (non-hydrogen) atoms. The van der Waals surface area contributed by atoms with Crippen LogP contribution in [0.4, 0.5) is 5.69 Å². The van der Waals surface area contributed by atoms with E-state index in [-0.39, 0.29) is 0 Å². The Morgan fingerprint density at radius 1 is 1.43 bits per heavy atom. The van der Waals surface area contributed by atoms with E-state index in [0.717, 1.165) is 5.82 Å². The first-order valence-electron chi connectivity index (χ1n) is 4.89. The van der Waals surface area contributed by atoms with E-state index in [9.17, 15) is 0 Å². The topological polar surface area (TPSA) is 15.3 Å². The zero-order valence-corrected chi connectivity index (χ0v) is 8.96. The first-order valence-corrected chi connectivity index (χ1v) is 4.89. The summed E-state index contributed by atoms with van der Waals surface area (Å²) in [6.07, 6.45) is 0. The summed E-state index contributed by atoms with van der Waals surface area (Å²) in [6.45, 7) is 8.30. The molecule has 0 saturated heterocycles. The van der Waals surface area contributed by atoms with Crippen LogP contribution in [0.1, 0.15) is 24.1 Å². The highest BCUT2D eigenvalue weighted by atomic mass is 15.3. The van der Waals surface area contributed by atoms with Crippen LogP contribution in [0.15, 0.2) is 30.6 Å². The monoisotopic (exact) mass is 188 g/mol. The predicted molar refractivity (Wildman–Crippen MR) is 60.1 cm³/mol. The van der Waals surface area contributed by atoms with Gasteiger partial charge in [-0.25, -0.2) is 0 Å². The van der Waals surface area contributed by atoms with Crippen molar-refractivity contribution in [2.45, 2.75) is 19.9 Å². The highest BCUT2D eigenvalue weighted by molar-refractivity contribution is 5.59. The maximum Gasteiger partial charge on any atom is 0.0986 e. The Balaban J connectivity index is 2.51. The molecule has 0 spiro atoms. The lowest BCUT2D eigenvalue weighted by Gasteiger charge is -2.36. The molecule has 0 radical (unpaired) electrons. The molecule has 0 aliphatic carbocycles. The van der Waals surface area contributed by atoms with Crippen LogP contribution in [0, 0.1) is 6.92 Å². The number of nitrogens with zero attached hydrogens (tertiary/aromatic N) is 1. The molecule has 1 heterocycles. The van der Waals surface area contributed by atoms with Gasteiger partial charge in [0.2, 0.25) is 0 Å². The van der Waals surface area contributed by atoms with Crippen LogP contribution in [0.5, 0.6) is 0 Å². The van der Waals surface area contributed by atoms with E-state index in [0.29, 0.717) is 6.04 Å². The summed E-state index contributed by atoms with van der Waals surface area (Å²) < 4.78 is 0. The summed E-state index contributed by atoms with van der Waals surface area (Å²) in [6, 6.07) is 6.88. The molecular weight excluding hydrogens is 172 g/mol. The van der Waals surface area contributed by atoms with Crippen LogP contribution >= 0.6 is 0 Å². The van der Waals surface area contributed by atoms with Crippen LogP contribution in [0.3, 0.4) is 0 Å². The van der Waals surface area contributed by atoms with Crippen molar-refractivity contribution < 1.29 is 0 Å². The summed E-state index contributed by atoms with van der Waals surface area (Å²) in [5, 5.41) is 3.30. The van der Waals surface area contributed by atoms with Crippen molar-refractivity contribution in [3.8, 4) is 0 Å². The third-order valence-electron chi connectivity index (χ3n) is 2.94. The Morgan fingerprint density at radius 2 is 2.14 bits per heavy atom. The minimum absolute atomic E-state index is 0.402. The second-order valence-corrected chi connectivity index (χ2v) is 3.95. The highest BCUT2D eigenvalue weighted by Gasteiger charge is 2.22. The molecule has 0 saturated carbocycles. The number of anilines is 1. The molecule has 1 aliphatic heterocycles. The van der Waals surface area contributed by atoms with Crippen molar-refractivity contribution in [1.82, 2.24) is 4.90 Å². The van der Waals surface area contributed by atoms with Gasteiger partial charge >= 0.3 is 0 Å². The molecule has 1 aliphatic rings. The quantitative estimate of drug-likeness (QED) is 0.673. The average Bonchev–Trinajstić information content (AvgIpc) is 2.16. The second-order valence-electron chi connectivity index (χ2n) is 3.95. The summed E-state index contributed by atoms with van der Waals surface area (Å²) in [5.41, 5.74) is 3.84. The van der Waals surface area contributed by atoms with Crippen molar-refractivity contribution in [2.75, 3.05) is 12.4 Å². The smallest absolute Gasteiger partial charge is 0.0986 e. The van der Waals surface area contributed by atoms with Crippen LogP contribution in [0.2, 0.25) is 0 Å². The molecule has 1 N–H and O–H groups in total. The molecule has 74 valence electrons. The van der Waals surface area contributed by atoms with Crippen molar-refractivity contribution in [3.63, 3.8) is 0 Å². The molecule has 0 amide bonds. The number of aryl methyl sites for hydroxylation is 1. The number of nitrogens with one attached hydrogen (secondary N) is 1. The van der Waals surface area contributed by atoms with Crippen molar-refractivity contribution >= 4 is 5.69 Å². The van der Waals surface area contributed by atoms with E-state index in [4.69, 9.17) is 0 Å².